The molecule has 0 unspecified atom stereocenters. The lowest BCUT2D eigenvalue weighted by Crippen LogP contribution is -2.36. The van der Waals surface area contributed by atoms with E-state index in [1.807, 2.05) is 24.3 Å². The molecule has 1 atom stereocenters. The van der Waals surface area contributed by atoms with E-state index in [1.54, 1.807) is 0 Å². The van der Waals surface area contributed by atoms with Gasteiger partial charge in [-0.05, 0) is 37.4 Å². The van der Waals surface area contributed by atoms with Gasteiger partial charge in [-0.3, -0.25) is 0 Å². The van der Waals surface area contributed by atoms with Gasteiger partial charge in [0.25, 0.3) is 0 Å². The summed E-state index contributed by atoms with van der Waals surface area (Å²) < 4.78 is 5.86. The second-order valence-electron chi connectivity index (χ2n) is 5.74. The minimum absolute atomic E-state index is 0.331. The molecule has 120 valence electrons. The van der Waals surface area contributed by atoms with Crippen molar-refractivity contribution in [2.24, 2.45) is 0 Å². The Kier molecular flexibility index (Phi) is 6.69. The van der Waals surface area contributed by atoms with Crippen molar-refractivity contribution >= 4 is 10.8 Å². The first-order valence-corrected chi connectivity index (χ1v) is 8.25. The van der Waals surface area contributed by atoms with Gasteiger partial charge in [-0.15, -0.1) is 0 Å². The molecule has 3 heteroatoms. The Hall–Kier alpha value is -1.58. The van der Waals surface area contributed by atoms with Crippen LogP contribution in [-0.2, 0) is 0 Å². The Morgan fingerprint density at radius 2 is 1.68 bits per heavy atom. The van der Waals surface area contributed by atoms with Gasteiger partial charge >= 0.3 is 0 Å². The molecule has 3 nitrogen and oxygen atoms in total. The van der Waals surface area contributed by atoms with Crippen molar-refractivity contribution in [1.82, 2.24) is 4.90 Å². The Morgan fingerprint density at radius 3 is 2.41 bits per heavy atom. The lowest BCUT2D eigenvalue weighted by atomic mass is 10.1. The van der Waals surface area contributed by atoms with Gasteiger partial charge in [0.05, 0.1) is 0 Å². The number of aliphatic hydroxyl groups excluding tert-OH is 1. The summed E-state index contributed by atoms with van der Waals surface area (Å²) in [7, 11) is 0. The molecule has 0 spiro atoms. The molecular formula is C19H27NO2. The van der Waals surface area contributed by atoms with Crippen molar-refractivity contribution in [3.63, 3.8) is 0 Å². The molecule has 0 aliphatic heterocycles. The highest BCUT2D eigenvalue weighted by molar-refractivity contribution is 5.88. The van der Waals surface area contributed by atoms with Crippen LogP contribution in [0.25, 0.3) is 10.8 Å². The second kappa shape index (κ2) is 8.76. The smallest absolute Gasteiger partial charge is 0.127 e. The average Bonchev–Trinajstić information content (AvgIpc) is 2.53. The number of fused-ring (bicyclic) bond motifs is 1. The molecule has 0 fully saturated rings. The summed E-state index contributed by atoms with van der Waals surface area (Å²) in [5.74, 6) is 0.842. The average molecular weight is 301 g/mol. The van der Waals surface area contributed by atoms with Crippen molar-refractivity contribution in [1.29, 1.82) is 0 Å². The first-order valence-electron chi connectivity index (χ1n) is 8.25. The lowest BCUT2D eigenvalue weighted by molar-refractivity contribution is 0.0687. The number of hydrogen-bond acceptors (Lipinski definition) is 3. The van der Waals surface area contributed by atoms with Crippen LogP contribution in [0.15, 0.2) is 42.5 Å². The molecule has 0 amide bonds. The molecule has 2 aromatic rings. The van der Waals surface area contributed by atoms with Gasteiger partial charge in [0.2, 0.25) is 0 Å². The summed E-state index contributed by atoms with van der Waals surface area (Å²) >= 11 is 0. The molecular weight excluding hydrogens is 274 g/mol. The van der Waals surface area contributed by atoms with Crippen molar-refractivity contribution < 1.29 is 9.84 Å². The van der Waals surface area contributed by atoms with Crippen molar-refractivity contribution in [2.45, 2.75) is 32.8 Å². The highest BCUT2D eigenvalue weighted by Gasteiger charge is 2.12. The van der Waals surface area contributed by atoms with Crippen LogP contribution in [0.3, 0.4) is 0 Å². The van der Waals surface area contributed by atoms with Crippen LogP contribution in [0, 0.1) is 0 Å². The largest absolute Gasteiger partial charge is 0.490 e. The molecule has 2 aromatic carbocycles. The van der Waals surface area contributed by atoms with Crippen LogP contribution in [0.1, 0.15) is 26.7 Å². The van der Waals surface area contributed by atoms with Crippen molar-refractivity contribution in [2.75, 3.05) is 26.2 Å². The standard InChI is InChI=1S/C19H27NO2/c1-3-12-20(13-4-2)14-17(21)15-22-19-11-7-9-16-8-5-6-10-18(16)19/h5-11,17,21H,3-4,12-15H2,1-2H3/t17-/m1/s1. The van der Waals surface area contributed by atoms with Gasteiger partial charge in [0, 0.05) is 11.9 Å². The van der Waals surface area contributed by atoms with E-state index < -0.39 is 6.10 Å². The molecule has 0 aromatic heterocycles. The Bertz CT molecular complexity index is 559. The maximum Gasteiger partial charge on any atom is 0.127 e. The first kappa shape index (κ1) is 16.8. The zero-order valence-electron chi connectivity index (χ0n) is 13.7. The zero-order chi connectivity index (χ0) is 15.8. The van der Waals surface area contributed by atoms with E-state index in [1.165, 1.54) is 0 Å². The van der Waals surface area contributed by atoms with Gasteiger partial charge in [-0.2, -0.15) is 0 Å². The maximum absolute atomic E-state index is 10.2. The molecule has 0 heterocycles. The molecule has 1 N–H and O–H groups in total. The van der Waals surface area contributed by atoms with Crippen LogP contribution in [-0.4, -0.2) is 42.4 Å². The highest BCUT2D eigenvalue weighted by Crippen LogP contribution is 2.25. The molecule has 0 aliphatic rings. The Labute approximate surface area is 133 Å². The topological polar surface area (TPSA) is 32.7 Å². The molecule has 0 saturated carbocycles. The number of rotatable bonds is 9. The van der Waals surface area contributed by atoms with E-state index in [-0.39, 0.29) is 0 Å². The van der Waals surface area contributed by atoms with Gasteiger partial charge in [0.1, 0.15) is 18.5 Å². The minimum Gasteiger partial charge on any atom is -0.490 e. The highest BCUT2D eigenvalue weighted by atomic mass is 16.5. The number of hydrogen-bond donors (Lipinski definition) is 1. The van der Waals surface area contributed by atoms with Gasteiger partial charge in [0.15, 0.2) is 0 Å². The van der Waals surface area contributed by atoms with E-state index >= 15 is 0 Å². The van der Waals surface area contributed by atoms with Gasteiger partial charge in [-0.1, -0.05) is 50.2 Å². The monoisotopic (exact) mass is 301 g/mol. The maximum atomic E-state index is 10.2. The Balaban J connectivity index is 1.93. The van der Waals surface area contributed by atoms with Crippen LogP contribution in [0.4, 0.5) is 0 Å². The predicted molar refractivity (Wildman–Crippen MR) is 92.5 cm³/mol. The Morgan fingerprint density at radius 1 is 1.00 bits per heavy atom. The van der Waals surface area contributed by atoms with E-state index in [2.05, 4.69) is 36.9 Å². The molecule has 22 heavy (non-hydrogen) atoms. The number of aliphatic hydroxyl groups is 1. The first-order chi connectivity index (χ1) is 10.7. The fourth-order valence-corrected chi connectivity index (χ4v) is 2.79. The minimum atomic E-state index is -0.461. The fourth-order valence-electron chi connectivity index (χ4n) is 2.79. The fraction of sp³-hybridized carbons (Fsp3) is 0.474. The quantitative estimate of drug-likeness (QED) is 0.766. The van der Waals surface area contributed by atoms with Crippen LogP contribution in [0.2, 0.25) is 0 Å². The summed E-state index contributed by atoms with van der Waals surface area (Å²) in [6.07, 6.45) is 1.76. The summed E-state index contributed by atoms with van der Waals surface area (Å²) in [6, 6.07) is 14.2. The number of benzene rings is 2. The van der Waals surface area contributed by atoms with Crippen LogP contribution >= 0.6 is 0 Å². The third-order valence-electron chi connectivity index (χ3n) is 3.73. The third kappa shape index (κ3) is 4.72. The van der Waals surface area contributed by atoms with Crippen LogP contribution in [0.5, 0.6) is 5.75 Å². The van der Waals surface area contributed by atoms with Crippen molar-refractivity contribution in [3.8, 4) is 5.75 Å². The summed E-state index contributed by atoms with van der Waals surface area (Å²) in [5, 5.41) is 12.5. The molecule has 0 saturated heterocycles. The summed E-state index contributed by atoms with van der Waals surface area (Å²) in [4.78, 5) is 2.30. The van der Waals surface area contributed by atoms with Crippen LogP contribution < -0.4 is 4.74 Å². The van der Waals surface area contributed by atoms with E-state index in [4.69, 9.17) is 4.74 Å². The molecule has 0 bridgehead atoms. The van der Waals surface area contributed by atoms with E-state index in [0.29, 0.717) is 13.2 Å². The molecule has 0 radical (unpaired) electrons. The lowest BCUT2D eigenvalue weighted by Gasteiger charge is -2.24. The predicted octanol–water partition coefficient (Wildman–Crippen LogP) is 3.70. The summed E-state index contributed by atoms with van der Waals surface area (Å²) in [6.45, 7) is 7.39. The second-order valence-corrected chi connectivity index (χ2v) is 5.74. The molecule has 2 rings (SSSR count). The van der Waals surface area contributed by atoms with E-state index in [9.17, 15) is 5.11 Å². The SMILES string of the molecule is CCCN(CCC)C[C@@H](O)COc1cccc2ccccc12. The zero-order valence-corrected chi connectivity index (χ0v) is 13.7. The van der Waals surface area contributed by atoms with Gasteiger partial charge in [-0.25, -0.2) is 0 Å². The van der Waals surface area contributed by atoms with Crippen molar-refractivity contribution in [3.05, 3.63) is 42.5 Å². The number of nitrogens with zero attached hydrogens (tertiary/aromatic N) is 1. The van der Waals surface area contributed by atoms with E-state index in [0.717, 1.165) is 42.5 Å². The molecule has 0 aliphatic carbocycles. The number of ether oxygens (including phenoxy) is 1. The van der Waals surface area contributed by atoms with Gasteiger partial charge < -0.3 is 14.7 Å². The summed E-state index contributed by atoms with van der Waals surface area (Å²) in [5.41, 5.74) is 0. The third-order valence-corrected chi connectivity index (χ3v) is 3.73. The normalized spacial score (nSPS) is 12.7.